The lowest BCUT2D eigenvalue weighted by atomic mass is 10.2. The molecule has 0 saturated heterocycles. The molecule has 1 rings (SSSR count). The maximum absolute atomic E-state index is 4.49. The third kappa shape index (κ3) is 3.76. The first-order valence-corrected chi connectivity index (χ1v) is 6.71. The van der Waals surface area contributed by atoms with Crippen LogP contribution in [0.2, 0.25) is 0 Å². The van der Waals surface area contributed by atoms with Crippen LogP contribution in [0, 0.1) is 20.8 Å². The van der Waals surface area contributed by atoms with Crippen LogP contribution in [-0.4, -0.2) is 28.3 Å². The maximum Gasteiger partial charge on any atom is 0.188 e. The van der Waals surface area contributed by atoms with Crippen molar-refractivity contribution in [3.8, 4) is 0 Å². The van der Waals surface area contributed by atoms with E-state index in [4.69, 9.17) is 0 Å². The number of nitrogens with one attached hydrogen (secondary N) is 1. The van der Waals surface area contributed by atoms with Gasteiger partial charge in [0.2, 0.25) is 0 Å². The molecule has 1 aromatic heterocycles. The molecule has 1 atom stereocenters. The molecule has 1 aromatic rings. The minimum Gasteiger partial charge on any atom is -0.314 e. The molecule has 0 radical (unpaired) electrons. The fraction of sp³-hybridized carbons (Fsp3) is 0.667. The van der Waals surface area contributed by atoms with Gasteiger partial charge in [-0.3, -0.25) is 0 Å². The summed E-state index contributed by atoms with van der Waals surface area (Å²) in [5.74, 6) is 1.01. The zero-order valence-electron chi connectivity index (χ0n) is 10.8. The molecule has 0 aromatic carbocycles. The molecule has 0 saturated carbocycles. The smallest absolute Gasteiger partial charge is 0.188 e. The Balaban J connectivity index is 2.61. The number of rotatable bonds is 5. The molecule has 0 bridgehead atoms. The molecule has 4 heteroatoms. The second-order valence-corrected chi connectivity index (χ2v) is 5.06. The molecule has 0 spiro atoms. The molecule has 0 amide bonds. The van der Waals surface area contributed by atoms with Gasteiger partial charge in [0.1, 0.15) is 0 Å². The topological polar surface area (TPSA) is 37.8 Å². The van der Waals surface area contributed by atoms with Crippen molar-refractivity contribution in [2.24, 2.45) is 0 Å². The van der Waals surface area contributed by atoms with Crippen LogP contribution in [0.5, 0.6) is 0 Å². The van der Waals surface area contributed by atoms with Gasteiger partial charge in [0.15, 0.2) is 5.16 Å². The van der Waals surface area contributed by atoms with Crippen LogP contribution in [0.4, 0.5) is 0 Å². The van der Waals surface area contributed by atoms with E-state index in [1.54, 1.807) is 11.8 Å². The van der Waals surface area contributed by atoms with Gasteiger partial charge in [-0.25, -0.2) is 9.97 Å². The van der Waals surface area contributed by atoms with Crippen LogP contribution in [-0.2, 0) is 0 Å². The minimum absolute atomic E-state index is 0.500. The van der Waals surface area contributed by atoms with E-state index in [9.17, 15) is 0 Å². The van der Waals surface area contributed by atoms with Crippen molar-refractivity contribution in [1.82, 2.24) is 15.3 Å². The normalized spacial score (nSPS) is 12.8. The average Bonchev–Trinajstić information content (AvgIpc) is 2.23. The molecule has 0 aliphatic rings. The molecule has 1 unspecified atom stereocenters. The molecule has 90 valence electrons. The van der Waals surface area contributed by atoms with Gasteiger partial charge < -0.3 is 5.32 Å². The van der Waals surface area contributed by atoms with E-state index < -0.39 is 0 Å². The lowest BCUT2D eigenvalue weighted by Crippen LogP contribution is -2.27. The molecular weight excluding hydrogens is 218 g/mol. The molecule has 3 nitrogen and oxygen atoms in total. The molecule has 0 aliphatic carbocycles. The second-order valence-electron chi connectivity index (χ2n) is 4.07. The third-order valence-electron chi connectivity index (χ3n) is 2.63. The third-order valence-corrected chi connectivity index (χ3v) is 3.73. The van der Waals surface area contributed by atoms with Crippen molar-refractivity contribution in [2.75, 3.05) is 12.3 Å². The van der Waals surface area contributed by atoms with Crippen LogP contribution in [0.3, 0.4) is 0 Å². The van der Waals surface area contributed by atoms with Crippen molar-refractivity contribution in [2.45, 2.75) is 45.8 Å². The number of hydrogen-bond donors (Lipinski definition) is 1. The van der Waals surface area contributed by atoms with E-state index in [0.29, 0.717) is 6.04 Å². The first-order chi connectivity index (χ1) is 7.54. The molecule has 0 aliphatic heterocycles. The zero-order valence-corrected chi connectivity index (χ0v) is 11.6. The van der Waals surface area contributed by atoms with Crippen molar-refractivity contribution < 1.29 is 0 Å². The number of hydrogen-bond acceptors (Lipinski definition) is 4. The predicted octanol–water partition coefficient (Wildman–Crippen LogP) is 2.49. The number of nitrogens with zero attached hydrogens (tertiary/aromatic N) is 2. The standard InChI is InChI=1S/C12H21N3S/c1-6-13-8(2)7-16-12-14-10(4)9(3)11(5)15-12/h8,13H,6-7H2,1-5H3. The Labute approximate surface area is 102 Å². The fourth-order valence-electron chi connectivity index (χ4n) is 1.41. The highest BCUT2D eigenvalue weighted by Crippen LogP contribution is 2.17. The van der Waals surface area contributed by atoms with Crippen molar-refractivity contribution >= 4 is 11.8 Å². The van der Waals surface area contributed by atoms with Crippen LogP contribution >= 0.6 is 11.8 Å². The summed E-state index contributed by atoms with van der Waals surface area (Å²) in [4.78, 5) is 8.98. The number of aryl methyl sites for hydroxylation is 2. The quantitative estimate of drug-likeness (QED) is 0.633. The summed E-state index contributed by atoms with van der Waals surface area (Å²) >= 11 is 1.72. The Bertz CT molecular complexity index is 329. The van der Waals surface area contributed by atoms with Crippen molar-refractivity contribution in [3.63, 3.8) is 0 Å². The second kappa shape index (κ2) is 6.21. The summed E-state index contributed by atoms with van der Waals surface area (Å²) in [5.41, 5.74) is 3.38. The molecule has 16 heavy (non-hydrogen) atoms. The van der Waals surface area contributed by atoms with Gasteiger partial charge in [-0.1, -0.05) is 18.7 Å². The highest BCUT2D eigenvalue weighted by Gasteiger charge is 2.07. The van der Waals surface area contributed by atoms with E-state index in [1.165, 1.54) is 5.56 Å². The van der Waals surface area contributed by atoms with Crippen molar-refractivity contribution in [3.05, 3.63) is 17.0 Å². The maximum atomic E-state index is 4.49. The van der Waals surface area contributed by atoms with E-state index in [-0.39, 0.29) is 0 Å². The largest absolute Gasteiger partial charge is 0.314 e. The van der Waals surface area contributed by atoms with E-state index >= 15 is 0 Å². The van der Waals surface area contributed by atoms with Gasteiger partial charge in [-0.2, -0.15) is 0 Å². The van der Waals surface area contributed by atoms with Gasteiger partial charge in [0.25, 0.3) is 0 Å². The Morgan fingerprint density at radius 2 is 1.75 bits per heavy atom. The van der Waals surface area contributed by atoms with Crippen LogP contribution in [0.15, 0.2) is 5.16 Å². The minimum atomic E-state index is 0.500. The Morgan fingerprint density at radius 1 is 1.19 bits per heavy atom. The Morgan fingerprint density at radius 3 is 2.25 bits per heavy atom. The Kier molecular flexibility index (Phi) is 5.22. The van der Waals surface area contributed by atoms with E-state index in [1.807, 2.05) is 13.8 Å². The molecular formula is C12H21N3S. The summed E-state index contributed by atoms with van der Waals surface area (Å²) < 4.78 is 0. The summed E-state index contributed by atoms with van der Waals surface area (Å²) in [6.45, 7) is 11.5. The molecule has 1 N–H and O–H groups in total. The van der Waals surface area contributed by atoms with Crippen LogP contribution in [0.25, 0.3) is 0 Å². The summed E-state index contributed by atoms with van der Waals surface area (Å²) in [6, 6.07) is 0.500. The van der Waals surface area contributed by atoms with Gasteiger partial charge in [0.05, 0.1) is 0 Å². The molecule has 1 heterocycles. The highest BCUT2D eigenvalue weighted by atomic mass is 32.2. The molecule has 0 fully saturated rings. The lowest BCUT2D eigenvalue weighted by molar-refractivity contribution is 0.619. The monoisotopic (exact) mass is 239 g/mol. The predicted molar refractivity (Wildman–Crippen MR) is 70.1 cm³/mol. The van der Waals surface area contributed by atoms with Gasteiger partial charge in [0, 0.05) is 23.2 Å². The highest BCUT2D eigenvalue weighted by molar-refractivity contribution is 7.99. The summed E-state index contributed by atoms with van der Waals surface area (Å²) in [7, 11) is 0. The van der Waals surface area contributed by atoms with Crippen molar-refractivity contribution in [1.29, 1.82) is 0 Å². The Hall–Kier alpha value is -0.610. The fourth-order valence-corrected chi connectivity index (χ4v) is 2.33. The number of thioether (sulfide) groups is 1. The van der Waals surface area contributed by atoms with Gasteiger partial charge >= 0.3 is 0 Å². The van der Waals surface area contributed by atoms with E-state index in [0.717, 1.165) is 28.8 Å². The van der Waals surface area contributed by atoms with Crippen LogP contribution < -0.4 is 5.32 Å². The average molecular weight is 239 g/mol. The summed E-state index contributed by atoms with van der Waals surface area (Å²) in [6.07, 6.45) is 0. The van der Waals surface area contributed by atoms with E-state index in [2.05, 4.69) is 36.1 Å². The first-order valence-electron chi connectivity index (χ1n) is 5.72. The van der Waals surface area contributed by atoms with Gasteiger partial charge in [-0.05, 0) is 39.8 Å². The lowest BCUT2D eigenvalue weighted by Gasteiger charge is -2.11. The van der Waals surface area contributed by atoms with Crippen LogP contribution in [0.1, 0.15) is 30.8 Å². The number of aromatic nitrogens is 2. The zero-order chi connectivity index (χ0) is 12.1. The first kappa shape index (κ1) is 13.5. The van der Waals surface area contributed by atoms with Gasteiger partial charge in [-0.15, -0.1) is 0 Å². The summed E-state index contributed by atoms with van der Waals surface area (Å²) in [5, 5.41) is 4.27. The SMILES string of the molecule is CCNC(C)CSc1nc(C)c(C)c(C)n1.